The third-order valence-electron chi connectivity index (χ3n) is 2.87. The Hall–Kier alpha value is -0.560. The maximum atomic E-state index is 5.96. The van der Waals surface area contributed by atoms with E-state index < -0.39 is 0 Å². The van der Waals surface area contributed by atoms with E-state index in [0.29, 0.717) is 17.1 Å². The lowest BCUT2D eigenvalue weighted by molar-refractivity contribution is 0.389. The molecule has 1 aliphatic rings. The lowest BCUT2D eigenvalue weighted by atomic mass is 9.84. The van der Waals surface area contributed by atoms with Crippen molar-refractivity contribution in [3.05, 3.63) is 11.1 Å². The van der Waals surface area contributed by atoms with Crippen LogP contribution in [0.2, 0.25) is 0 Å². The second kappa shape index (κ2) is 7.78. The number of guanidine groups is 1. The maximum absolute atomic E-state index is 5.96. The van der Waals surface area contributed by atoms with Gasteiger partial charge in [-0.1, -0.05) is 6.42 Å². The van der Waals surface area contributed by atoms with Crippen molar-refractivity contribution in [2.45, 2.75) is 37.6 Å². The fourth-order valence-corrected chi connectivity index (χ4v) is 2.91. The molecule has 1 aromatic heterocycles. The van der Waals surface area contributed by atoms with Gasteiger partial charge in [0.1, 0.15) is 0 Å². The molecular formula is C10H19Cl2N5S. The summed E-state index contributed by atoms with van der Waals surface area (Å²) in [5.41, 5.74) is 17.7. The summed E-state index contributed by atoms with van der Waals surface area (Å²) in [7, 11) is 0. The minimum Gasteiger partial charge on any atom is -0.370 e. The van der Waals surface area contributed by atoms with Gasteiger partial charge < -0.3 is 17.2 Å². The molecule has 1 aromatic rings. The van der Waals surface area contributed by atoms with Crippen LogP contribution < -0.4 is 17.2 Å². The third kappa shape index (κ3) is 4.61. The van der Waals surface area contributed by atoms with E-state index in [1.807, 2.05) is 5.38 Å². The van der Waals surface area contributed by atoms with Crippen molar-refractivity contribution in [3.8, 4) is 0 Å². The molecule has 1 aliphatic carbocycles. The fourth-order valence-electron chi connectivity index (χ4n) is 2.12. The van der Waals surface area contributed by atoms with E-state index in [0.717, 1.165) is 18.5 Å². The van der Waals surface area contributed by atoms with E-state index in [2.05, 4.69) is 9.98 Å². The lowest BCUT2D eigenvalue weighted by Crippen LogP contribution is -2.26. The van der Waals surface area contributed by atoms with Crippen LogP contribution in [0.3, 0.4) is 0 Å². The number of aromatic nitrogens is 1. The van der Waals surface area contributed by atoms with Gasteiger partial charge in [0.05, 0.1) is 5.69 Å². The average Bonchev–Trinajstić information content (AvgIpc) is 2.65. The van der Waals surface area contributed by atoms with Crippen LogP contribution in [-0.4, -0.2) is 17.0 Å². The average molecular weight is 312 g/mol. The van der Waals surface area contributed by atoms with E-state index >= 15 is 0 Å². The van der Waals surface area contributed by atoms with Crippen LogP contribution in [0.4, 0.5) is 5.13 Å². The largest absolute Gasteiger partial charge is 0.370 e. The van der Waals surface area contributed by atoms with Gasteiger partial charge in [0.15, 0.2) is 5.96 Å². The van der Waals surface area contributed by atoms with Gasteiger partial charge in [0.25, 0.3) is 0 Å². The van der Waals surface area contributed by atoms with E-state index in [1.54, 1.807) is 0 Å². The molecule has 5 nitrogen and oxygen atoms in total. The summed E-state index contributed by atoms with van der Waals surface area (Å²) in [4.78, 5) is 8.37. The number of aliphatic imine (C=N–C) groups is 1. The van der Waals surface area contributed by atoms with Gasteiger partial charge in [-0.25, -0.2) is 4.98 Å². The molecular weight excluding hydrogens is 293 g/mol. The first kappa shape index (κ1) is 17.4. The van der Waals surface area contributed by atoms with Crippen molar-refractivity contribution in [1.29, 1.82) is 0 Å². The molecule has 0 saturated heterocycles. The summed E-state index contributed by atoms with van der Waals surface area (Å²) in [5.74, 6) is 0.532. The number of nitrogens with zero attached hydrogens (tertiary/aromatic N) is 2. The predicted molar refractivity (Wildman–Crippen MR) is 81.3 cm³/mol. The van der Waals surface area contributed by atoms with Gasteiger partial charge in [0, 0.05) is 17.3 Å². The summed E-state index contributed by atoms with van der Waals surface area (Å²) in [6, 6.07) is 0.312. The molecule has 18 heavy (non-hydrogen) atoms. The molecule has 104 valence electrons. The first-order chi connectivity index (χ1) is 7.65. The molecule has 2 atom stereocenters. The molecule has 0 amide bonds. The smallest absolute Gasteiger partial charge is 0.212 e. The zero-order valence-electron chi connectivity index (χ0n) is 9.91. The Balaban J connectivity index is 0.00000144. The topological polar surface area (TPSA) is 103 Å². The first-order valence-corrected chi connectivity index (χ1v) is 6.33. The third-order valence-corrected chi connectivity index (χ3v) is 3.62. The zero-order chi connectivity index (χ0) is 11.5. The normalized spacial score (nSPS) is 22.5. The molecule has 0 spiro atoms. The Morgan fingerprint density at radius 1 is 1.33 bits per heavy atom. The SMILES string of the molecule is Cl.Cl.NC(N)=Nc1nc(C2CCCC(N)C2)cs1. The summed E-state index contributed by atoms with van der Waals surface area (Å²) in [6.45, 7) is 0. The van der Waals surface area contributed by atoms with Crippen LogP contribution in [0.1, 0.15) is 37.3 Å². The van der Waals surface area contributed by atoms with Crippen LogP contribution in [0.5, 0.6) is 0 Å². The van der Waals surface area contributed by atoms with Crippen molar-refractivity contribution in [1.82, 2.24) is 4.98 Å². The van der Waals surface area contributed by atoms with Gasteiger partial charge in [0.2, 0.25) is 5.13 Å². The molecule has 2 rings (SSSR count). The highest BCUT2D eigenvalue weighted by atomic mass is 35.5. The number of hydrogen-bond acceptors (Lipinski definition) is 4. The van der Waals surface area contributed by atoms with Crippen LogP contribution in [0.25, 0.3) is 0 Å². The summed E-state index contributed by atoms with van der Waals surface area (Å²) in [5, 5.41) is 2.67. The van der Waals surface area contributed by atoms with Crippen molar-refractivity contribution in [2.75, 3.05) is 0 Å². The van der Waals surface area contributed by atoms with E-state index in [-0.39, 0.29) is 30.8 Å². The number of hydrogen-bond donors (Lipinski definition) is 3. The number of rotatable bonds is 2. The van der Waals surface area contributed by atoms with E-state index in [1.165, 1.54) is 24.2 Å². The van der Waals surface area contributed by atoms with E-state index in [4.69, 9.17) is 17.2 Å². The number of thiazole rings is 1. The Bertz CT molecular complexity index is 391. The van der Waals surface area contributed by atoms with Crippen LogP contribution in [0, 0.1) is 0 Å². The highest BCUT2D eigenvalue weighted by molar-refractivity contribution is 7.13. The molecule has 1 saturated carbocycles. The van der Waals surface area contributed by atoms with Gasteiger partial charge in [-0.3, -0.25) is 0 Å². The van der Waals surface area contributed by atoms with Gasteiger partial charge in [-0.05, 0) is 19.3 Å². The molecule has 6 N–H and O–H groups in total. The summed E-state index contributed by atoms with van der Waals surface area (Å²) < 4.78 is 0. The van der Waals surface area contributed by atoms with Crippen molar-refractivity contribution >= 4 is 47.2 Å². The Morgan fingerprint density at radius 3 is 2.67 bits per heavy atom. The van der Waals surface area contributed by atoms with Gasteiger partial charge in [-0.15, -0.1) is 36.2 Å². The molecule has 1 heterocycles. The molecule has 0 aliphatic heterocycles. The quantitative estimate of drug-likeness (QED) is 0.573. The lowest BCUT2D eigenvalue weighted by Gasteiger charge is -2.25. The summed E-state index contributed by atoms with van der Waals surface area (Å²) >= 11 is 1.47. The Kier molecular flexibility index (Phi) is 7.54. The molecule has 0 aromatic carbocycles. The molecule has 1 fully saturated rings. The predicted octanol–water partition coefficient (Wildman–Crippen LogP) is 1.88. The van der Waals surface area contributed by atoms with Crippen molar-refractivity contribution in [3.63, 3.8) is 0 Å². The maximum Gasteiger partial charge on any atom is 0.212 e. The van der Waals surface area contributed by atoms with E-state index in [9.17, 15) is 0 Å². The minimum atomic E-state index is 0. The molecule has 8 heteroatoms. The second-order valence-electron chi connectivity index (χ2n) is 4.22. The minimum absolute atomic E-state index is 0. The summed E-state index contributed by atoms with van der Waals surface area (Å²) in [6.07, 6.45) is 4.49. The number of nitrogens with two attached hydrogens (primary N) is 3. The molecule has 0 bridgehead atoms. The van der Waals surface area contributed by atoms with Crippen LogP contribution >= 0.6 is 36.2 Å². The van der Waals surface area contributed by atoms with Crippen LogP contribution in [0.15, 0.2) is 10.4 Å². The highest BCUT2D eigenvalue weighted by Gasteiger charge is 2.22. The molecule has 0 radical (unpaired) electrons. The second-order valence-corrected chi connectivity index (χ2v) is 5.05. The van der Waals surface area contributed by atoms with Gasteiger partial charge in [-0.2, -0.15) is 4.99 Å². The zero-order valence-corrected chi connectivity index (χ0v) is 12.4. The first-order valence-electron chi connectivity index (χ1n) is 5.46. The Morgan fingerprint density at radius 2 is 2.06 bits per heavy atom. The highest BCUT2D eigenvalue weighted by Crippen LogP contribution is 2.34. The Labute approximate surface area is 123 Å². The monoisotopic (exact) mass is 311 g/mol. The van der Waals surface area contributed by atoms with Crippen molar-refractivity contribution < 1.29 is 0 Å². The van der Waals surface area contributed by atoms with Gasteiger partial charge >= 0.3 is 0 Å². The van der Waals surface area contributed by atoms with Crippen molar-refractivity contribution in [2.24, 2.45) is 22.2 Å². The fraction of sp³-hybridized carbons (Fsp3) is 0.600. The standard InChI is InChI=1S/C10H17N5S.2ClH/c11-7-3-1-2-6(4-7)8-5-16-10(14-8)15-9(12)13;;/h5-7H,1-4,11H2,(H4,12,13,14,15);2*1H. The number of halogens is 2. The van der Waals surface area contributed by atoms with Crippen LogP contribution in [-0.2, 0) is 0 Å². The molecule has 2 unspecified atom stereocenters.